The van der Waals surface area contributed by atoms with Gasteiger partial charge in [0.15, 0.2) is 0 Å². The standard InChI is InChI=1S/C14H24N3OP/c1-16(2)12-7-8-17(10-12)11-5-6-13(15)14(9-11)19(3,4)18/h5-6,9,12H,7-8,10,15H2,1-4H3. The molecule has 0 aromatic heterocycles. The monoisotopic (exact) mass is 281 g/mol. The van der Waals surface area contributed by atoms with E-state index in [1.807, 2.05) is 18.2 Å². The predicted octanol–water partition coefficient (Wildman–Crippen LogP) is 1.66. The van der Waals surface area contributed by atoms with Crippen molar-refractivity contribution in [3.63, 3.8) is 0 Å². The summed E-state index contributed by atoms with van der Waals surface area (Å²) < 4.78 is 12.3. The molecule has 1 aliphatic rings. The SMILES string of the molecule is CN(C)C1CCN(c2ccc(N)c(P(C)(C)=O)c2)C1. The Morgan fingerprint density at radius 1 is 1.37 bits per heavy atom. The first-order valence-electron chi connectivity index (χ1n) is 6.65. The van der Waals surface area contributed by atoms with E-state index in [2.05, 4.69) is 23.9 Å². The number of nitrogens with zero attached hydrogens (tertiary/aromatic N) is 2. The lowest BCUT2D eigenvalue weighted by Gasteiger charge is -2.23. The van der Waals surface area contributed by atoms with Crippen molar-refractivity contribution in [2.45, 2.75) is 12.5 Å². The molecule has 2 rings (SSSR count). The van der Waals surface area contributed by atoms with E-state index < -0.39 is 7.14 Å². The van der Waals surface area contributed by atoms with Crippen LogP contribution in [0.25, 0.3) is 0 Å². The molecule has 1 saturated heterocycles. The topological polar surface area (TPSA) is 49.6 Å². The molecule has 1 aromatic rings. The van der Waals surface area contributed by atoms with Crippen molar-refractivity contribution in [2.24, 2.45) is 0 Å². The molecule has 0 saturated carbocycles. The highest BCUT2D eigenvalue weighted by Gasteiger charge is 2.25. The minimum atomic E-state index is -2.32. The van der Waals surface area contributed by atoms with Gasteiger partial charge in [0.1, 0.15) is 7.14 Å². The molecule has 1 unspecified atom stereocenters. The van der Waals surface area contributed by atoms with Crippen LogP contribution in [0, 0.1) is 0 Å². The fourth-order valence-corrected chi connectivity index (χ4v) is 3.73. The Hall–Kier alpha value is -0.990. The van der Waals surface area contributed by atoms with Crippen molar-refractivity contribution in [1.29, 1.82) is 0 Å². The number of nitrogen functional groups attached to an aromatic ring is 1. The van der Waals surface area contributed by atoms with Crippen molar-refractivity contribution < 1.29 is 4.57 Å². The molecule has 5 heteroatoms. The number of hydrogen-bond donors (Lipinski definition) is 1. The van der Waals surface area contributed by atoms with Gasteiger partial charge in [0, 0.05) is 35.8 Å². The summed E-state index contributed by atoms with van der Waals surface area (Å²) in [5, 5.41) is 0.804. The molecule has 1 heterocycles. The van der Waals surface area contributed by atoms with Gasteiger partial charge in [-0.25, -0.2) is 0 Å². The van der Waals surface area contributed by atoms with Crippen molar-refractivity contribution >= 4 is 23.8 Å². The summed E-state index contributed by atoms with van der Waals surface area (Å²) in [7, 11) is 1.92. The first kappa shape index (κ1) is 14.4. The van der Waals surface area contributed by atoms with Crippen LogP contribution in [0.4, 0.5) is 11.4 Å². The van der Waals surface area contributed by atoms with Crippen LogP contribution in [0.15, 0.2) is 18.2 Å². The van der Waals surface area contributed by atoms with Gasteiger partial charge in [0.05, 0.1) is 0 Å². The zero-order valence-corrected chi connectivity index (χ0v) is 13.2. The number of nitrogens with two attached hydrogens (primary N) is 1. The van der Waals surface area contributed by atoms with Crippen molar-refractivity contribution in [3.05, 3.63) is 18.2 Å². The van der Waals surface area contributed by atoms with E-state index in [4.69, 9.17) is 5.73 Å². The molecule has 1 atom stereocenters. The largest absolute Gasteiger partial charge is 0.398 e. The van der Waals surface area contributed by atoms with Gasteiger partial charge in [-0.15, -0.1) is 0 Å². The molecule has 106 valence electrons. The van der Waals surface area contributed by atoms with Gasteiger partial charge in [0.2, 0.25) is 0 Å². The van der Waals surface area contributed by atoms with Gasteiger partial charge >= 0.3 is 0 Å². The second-order valence-electron chi connectivity index (χ2n) is 5.95. The Kier molecular flexibility index (Phi) is 3.93. The highest BCUT2D eigenvalue weighted by Crippen LogP contribution is 2.38. The molecule has 0 spiro atoms. The maximum Gasteiger partial charge on any atom is 0.111 e. The Morgan fingerprint density at radius 2 is 2.05 bits per heavy atom. The van der Waals surface area contributed by atoms with E-state index in [1.54, 1.807) is 13.3 Å². The molecular weight excluding hydrogens is 257 g/mol. The maximum absolute atomic E-state index is 12.3. The lowest BCUT2D eigenvalue weighted by atomic mass is 10.2. The van der Waals surface area contributed by atoms with E-state index in [0.717, 1.165) is 24.1 Å². The van der Waals surface area contributed by atoms with Crippen LogP contribution in [0.3, 0.4) is 0 Å². The molecular formula is C14H24N3OP. The van der Waals surface area contributed by atoms with Crippen LogP contribution >= 0.6 is 7.14 Å². The summed E-state index contributed by atoms with van der Waals surface area (Å²) in [5.74, 6) is 0. The minimum absolute atomic E-state index is 0.594. The second-order valence-corrected chi connectivity index (χ2v) is 9.13. The van der Waals surface area contributed by atoms with Gasteiger partial charge in [-0.3, -0.25) is 0 Å². The highest BCUT2D eigenvalue weighted by atomic mass is 31.2. The first-order valence-corrected chi connectivity index (χ1v) is 9.25. The van der Waals surface area contributed by atoms with Gasteiger partial charge < -0.3 is 20.1 Å². The molecule has 2 N–H and O–H groups in total. The number of benzene rings is 1. The maximum atomic E-state index is 12.3. The van der Waals surface area contributed by atoms with Crippen LogP contribution in [0.2, 0.25) is 0 Å². The Morgan fingerprint density at radius 3 is 2.58 bits per heavy atom. The van der Waals surface area contributed by atoms with Crippen LogP contribution in [0.1, 0.15) is 6.42 Å². The molecule has 0 bridgehead atoms. The molecule has 1 aromatic carbocycles. The fourth-order valence-electron chi connectivity index (χ4n) is 2.59. The van der Waals surface area contributed by atoms with Gasteiger partial charge in [0.25, 0.3) is 0 Å². The lowest BCUT2D eigenvalue weighted by molar-refractivity contribution is 0.315. The van der Waals surface area contributed by atoms with Crippen LogP contribution in [0.5, 0.6) is 0 Å². The van der Waals surface area contributed by atoms with Crippen LogP contribution in [-0.4, -0.2) is 51.5 Å². The van der Waals surface area contributed by atoms with Gasteiger partial charge in [-0.2, -0.15) is 0 Å². The Bertz CT molecular complexity index is 509. The summed E-state index contributed by atoms with van der Waals surface area (Å²) in [6, 6.07) is 6.52. The number of likely N-dealkylation sites (N-methyl/N-ethyl adjacent to an activating group) is 1. The zero-order valence-electron chi connectivity index (χ0n) is 12.3. The zero-order chi connectivity index (χ0) is 14.2. The van der Waals surface area contributed by atoms with Gasteiger partial charge in [-0.1, -0.05) is 0 Å². The van der Waals surface area contributed by atoms with E-state index >= 15 is 0 Å². The predicted molar refractivity (Wildman–Crippen MR) is 84.2 cm³/mol. The van der Waals surface area contributed by atoms with Crippen molar-refractivity contribution in [3.8, 4) is 0 Å². The van der Waals surface area contributed by atoms with E-state index in [-0.39, 0.29) is 0 Å². The van der Waals surface area contributed by atoms with Gasteiger partial charge in [-0.05, 0) is 52.0 Å². The normalized spacial score (nSPS) is 20.3. The third-order valence-electron chi connectivity index (χ3n) is 3.85. The van der Waals surface area contributed by atoms with E-state index in [9.17, 15) is 4.57 Å². The lowest BCUT2D eigenvalue weighted by Crippen LogP contribution is -2.31. The molecule has 0 amide bonds. The first-order chi connectivity index (χ1) is 8.79. The highest BCUT2D eigenvalue weighted by molar-refractivity contribution is 7.70. The fraction of sp³-hybridized carbons (Fsp3) is 0.571. The van der Waals surface area contributed by atoms with Crippen LogP contribution < -0.4 is 15.9 Å². The minimum Gasteiger partial charge on any atom is -0.398 e. The number of hydrogen-bond acceptors (Lipinski definition) is 4. The summed E-state index contributed by atoms with van der Waals surface area (Å²) in [6.45, 7) is 5.61. The molecule has 19 heavy (non-hydrogen) atoms. The summed E-state index contributed by atoms with van der Waals surface area (Å²) >= 11 is 0. The third kappa shape index (κ3) is 3.13. The van der Waals surface area contributed by atoms with Crippen molar-refractivity contribution in [1.82, 2.24) is 4.90 Å². The molecule has 0 radical (unpaired) electrons. The number of anilines is 2. The van der Waals surface area contributed by atoms with Crippen LogP contribution in [-0.2, 0) is 4.57 Å². The molecule has 4 nitrogen and oxygen atoms in total. The number of rotatable bonds is 3. The molecule has 1 fully saturated rings. The van der Waals surface area contributed by atoms with E-state index in [1.165, 1.54) is 6.42 Å². The Labute approximate surface area is 115 Å². The second kappa shape index (κ2) is 5.18. The molecule has 1 aliphatic heterocycles. The average Bonchev–Trinajstić information content (AvgIpc) is 2.77. The van der Waals surface area contributed by atoms with Crippen molar-refractivity contribution in [2.75, 3.05) is 51.1 Å². The van der Waals surface area contributed by atoms with E-state index in [0.29, 0.717) is 11.7 Å². The third-order valence-corrected chi connectivity index (χ3v) is 5.40. The summed E-state index contributed by atoms with van der Waals surface area (Å²) in [5.41, 5.74) is 7.73. The average molecular weight is 281 g/mol. The summed E-state index contributed by atoms with van der Waals surface area (Å²) in [4.78, 5) is 4.62. The smallest absolute Gasteiger partial charge is 0.111 e. The summed E-state index contributed by atoms with van der Waals surface area (Å²) in [6.07, 6.45) is 1.17. The Balaban J connectivity index is 2.26. The molecule has 0 aliphatic carbocycles. The quantitative estimate of drug-likeness (QED) is 0.676.